The third-order valence-corrected chi connectivity index (χ3v) is 9.10. The van der Waals surface area contributed by atoms with E-state index >= 15 is 0 Å². The van der Waals surface area contributed by atoms with Crippen LogP contribution in [0.2, 0.25) is 0 Å². The minimum Gasteiger partial charge on any atom is -0.0654 e. The Morgan fingerprint density at radius 3 is 1.50 bits per heavy atom. The van der Waals surface area contributed by atoms with Crippen molar-refractivity contribution in [3.8, 4) is 0 Å². The van der Waals surface area contributed by atoms with Crippen LogP contribution in [0.1, 0.15) is 141 Å². The van der Waals surface area contributed by atoms with Gasteiger partial charge in [0.1, 0.15) is 0 Å². The van der Waals surface area contributed by atoms with Gasteiger partial charge in [0.15, 0.2) is 0 Å². The molecule has 3 rings (SSSR count). The van der Waals surface area contributed by atoms with E-state index in [1.165, 1.54) is 103 Å². The highest BCUT2D eigenvalue weighted by molar-refractivity contribution is 5.22. The van der Waals surface area contributed by atoms with E-state index in [4.69, 9.17) is 0 Å². The first-order chi connectivity index (χ1) is 15.8. The SMILES string of the molecule is CCCCCCc1ccc(CC[C@H]2CC[C@H]([C@H]3CC[C@H](CCCCCC)CC3)CC2)cc1. The summed E-state index contributed by atoms with van der Waals surface area (Å²) < 4.78 is 0. The summed E-state index contributed by atoms with van der Waals surface area (Å²) in [6, 6.07) is 9.64. The molecular weight excluding hydrogens is 384 g/mol. The van der Waals surface area contributed by atoms with Gasteiger partial charge in [0.25, 0.3) is 0 Å². The standard InChI is InChI=1S/C32H54/c1-3-5-7-9-11-27-13-15-29(16-14-27)17-18-30-21-25-32(26-22-30)31-23-19-28(20-24-31)12-10-8-6-4-2/h13-16,28,30-32H,3-12,17-26H2,1-2H3/t28-,30-,31-,32-. The lowest BCUT2D eigenvalue weighted by atomic mass is 9.68. The van der Waals surface area contributed by atoms with E-state index in [2.05, 4.69) is 38.1 Å². The Bertz CT molecular complexity index is 569. The molecule has 1 aromatic rings. The molecule has 2 fully saturated rings. The molecule has 2 saturated carbocycles. The Morgan fingerprint density at radius 2 is 0.969 bits per heavy atom. The van der Waals surface area contributed by atoms with Crippen LogP contribution in [-0.4, -0.2) is 0 Å². The highest BCUT2D eigenvalue weighted by Gasteiger charge is 2.30. The predicted octanol–water partition coefficient (Wildman–Crippen LogP) is 10.3. The van der Waals surface area contributed by atoms with Crippen molar-refractivity contribution in [3.05, 3.63) is 35.4 Å². The highest BCUT2D eigenvalue weighted by Crippen LogP contribution is 2.43. The van der Waals surface area contributed by atoms with E-state index in [-0.39, 0.29) is 0 Å². The van der Waals surface area contributed by atoms with Gasteiger partial charge in [0, 0.05) is 0 Å². The Hall–Kier alpha value is -0.780. The molecule has 0 heterocycles. The average molecular weight is 439 g/mol. The molecule has 0 amide bonds. The Balaban J connectivity index is 1.27. The van der Waals surface area contributed by atoms with Crippen LogP contribution in [0.3, 0.4) is 0 Å². The van der Waals surface area contributed by atoms with Crippen molar-refractivity contribution in [1.29, 1.82) is 0 Å². The topological polar surface area (TPSA) is 0 Å². The molecule has 0 nitrogen and oxygen atoms in total. The molecule has 0 bridgehead atoms. The van der Waals surface area contributed by atoms with Gasteiger partial charge in [-0.05, 0) is 86.2 Å². The predicted molar refractivity (Wildman–Crippen MR) is 142 cm³/mol. The Morgan fingerprint density at radius 1 is 0.500 bits per heavy atom. The summed E-state index contributed by atoms with van der Waals surface area (Å²) >= 11 is 0. The van der Waals surface area contributed by atoms with E-state index in [9.17, 15) is 0 Å². The lowest BCUT2D eigenvalue weighted by molar-refractivity contribution is 0.140. The van der Waals surface area contributed by atoms with E-state index in [0.29, 0.717) is 0 Å². The average Bonchev–Trinajstić information content (AvgIpc) is 2.85. The summed E-state index contributed by atoms with van der Waals surface area (Å²) in [5.41, 5.74) is 3.11. The number of hydrogen-bond donors (Lipinski definition) is 0. The van der Waals surface area contributed by atoms with E-state index in [1.807, 2.05) is 0 Å². The second kappa shape index (κ2) is 15.2. The quantitative estimate of drug-likeness (QED) is 0.253. The fourth-order valence-corrected chi connectivity index (χ4v) is 6.76. The monoisotopic (exact) mass is 438 g/mol. The van der Waals surface area contributed by atoms with Crippen LogP contribution >= 0.6 is 0 Å². The van der Waals surface area contributed by atoms with Gasteiger partial charge in [-0.2, -0.15) is 0 Å². The van der Waals surface area contributed by atoms with Crippen molar-refractivity contribution in [3.63, 3.8) is 0 Å². The Labute approximate surface area is 201 Å². The van der Waals surface area contributed by atoms with Crippen molar-refractivity contribution < 1.29 is 0 Å². The van der Waals surface area contributed by atoms with Crippen molar-refractivity contribution in [2.24, 2.45) is 23.7 Å². The maximum Gasteiger partial charge on any atom is -0.0276 e. The van der Waals surface area contributed by atoms with Gasteiger partial charge in [0.05, 0.1) is 0 Å². The zero-order valence-electron chi connectivity index (χ0n) is 21.8. The van der Waals surface area contributed by atoms with Crippen molar-refractivity contribution >= 4 is 0 Å². The number of rotatable bonds is 14. The summed E-state index contributed by atoms with van der Waals surface area (Å²) in [5, 5.41) is 0. The third-order valence-electron chi connectivity index (χ3n) is 9.10. The first kappa shape index (κ1) is 25.8. The summed E-state index contributed by atoms with van der Waals surface area (Å²) in [7, 11) is 0. The smallest absolute Gasteiger partial charge is 0.0276 e. The van der Waals surface area contributed by atoms with Gasteiger partial charge in [-0.15, -0.1) is 0 Å². The molecule has 32 heavy (non-hydrogen) atoms. The Kier molecular flexibility index (Phi) is 12.3. The van der Waals surface area contributed by atoms with Gasteiger partial charge >= 0.3 is 0 Å². The first-order valence-electron chi connectivity index (χ1n) is 14.9. The molecule has 0 aromatic heterocycles. The van der Waals surface area contributed by atoms with Gasteiger partial charge in [0.2, 0.25) is 0 Å². The molecule has 1 aromatic carbocycles. The summed E-state index contributed by atoms with van der Waals surface area (Å²) in [6.45, 7) is 4.62. The van der Waals surface area contributed by atoms with Crippen LogP contribution in [0.25, 0.3) is 0 Å². The number of unbranched alkanes of at least 4 members (excludes halogenated alkanes) is 6. The summed E-state index contributed by atoms with van der Waals surface area (Å²) in [4.78, 5) is 0. The first-order valence-corrected chi connectivity index (χ1v) is 14.9. The molecule has 0 atom stereocenters. The van der Waals surface area contributed by atoms with Crippen molar-refractivity contribution in [2.45, 2.75) is 142 Å². The van der Waals surface area contributed by atoms with Crippen molar-refractivity contribution in [1.82, 2.24) is 0 Å². The normalized spacial score (nSPS) is 26.3. The minimum absolute atomic E-state index is 0.995. The minimum atomic E-state index is 0.995. The molecule has 0 N–H and O–H groups in total. The van der Waals surface area contributed by atoms with Crippen LogP contribution < -0.4 is 0 Å². The second-order valence-electron chi connectivity index (χ2n) is 11.6. The van der Waals surface area contributed by atoms with Gasteiger partial charge < -0.3 is 0 Å². The lowest BCUT2D eigenvalue weighted by Gasteiger charge is -2.38. The molecule has 182 valence electrons. The molecule has 0 saturated heterocycles. The molecule has 0 heteroatoms. The zero-order chi connectivity index (χ0) is 22.4. The molecule has 0 radical (unpaired) electrons. The van der Waals surface area contributed by atoms with Crippen LogP contribution in [0.4, 0.5) is 0 Å². The van der Waals surface area contributed by atoms with Crippen LogP contribution in [0, 0.1) is 23.7 Å². The largest absolute Gasteiger partial charge is 0.0654 e. The van der Waals surface area contributed by atoms with Gasteiger partial charge in [-0.25, -0.2) is 0 Å². The van der Waals surface area contributed by atoms with Crippen LogP contribution in [0.15, 0.2) is 24.3 Å². The molecule has 2 aliphatic rings. The summed E-state index contributed by atoms with van der Waals surface area (Å²) in [6.07, 6.45) is 29.1. The lowest BCUT2D eigenvalue weighted by Crippen LogP contribution is -2.26. The van der Waals surface area contributed by atoms with E-state index < -0.39 is 0 Å². The number of benzene rings is 1. The zero-order valence-corrected chi connectivity index (χ0v) is 21.8. The third kappa shape index (κ3) is 9.23. The number of hydrogen-bond acceptors (Lipinski definition) is 0. The van der Waals surface area contributed by atoms with Gasteiger partial charge in [-0.1, -0.05) is 115 Å². The number of aryl methyl sites for hydroxylation is 2. The fourth-order valence-electron chi connectivity index (χ4n) is 6.76. The van der Waals surface area contributed by atoms with Gasteiger partial charge in [-0.3, -0.25) is 0 Å². The van der Waals surface area contributed by atoms with E-state index in [0.717, 1.165) is 23.7 Å². The molecule has 0 aliphatic heterocycles. The van der Waals surface area contributed by atoms with E-state index in [1.54, 1.807) is 36.8 Å². The van der Waals surface area contributed by atoms with Crippen LogP contribution in [-0.2, 0) is 12.8 Å². The molecule has 0 spiro atoms. The highest BCUT2D eigenvalue weighted by atomic mass is 14.4. The molecule has 0 unspecified atom stereocenters. The maximum absolute atomic E-state index is 2.42. The van der Waals surface area contributed by atoms with Crippen LogP contribution in [0.5, 0.6) is 0 Å². The molecular formula is C32H54. The second-order valence-corrected chi connectivity index (χ2v) is 11.6. The summed E-state index contributed by atoms with van der Waals surface area (Å²) in [5.74, 6) is 4.21. The molecule has 2 aliphatic carbocycles. The maximum atomic E-state index is 2.42. The van der Waals surface area contributed by atoms with Crippen molar-refractivity contribution in [2.75, 3.05) is 0 Å². The fraction of sp³-hybridized carbons (Fsp3) is 0.812.